The Labute approximate surface area is 118 Å². The van der Waals surface area contributed by atoms with E-state index >= 15 is 0 Å². The van der Waals surface area contributed by atoms with Crippen LogP contribution in [0.2, 0.25) is 0 Å². The third-order valence-electron chi connectivity index (χ3n) is 3.23. The summed E-state index contributed by atoms with van der Waals surface area (Å²) in [6, 6.07) is 5.50. The molecular weight excluding hydrogens is 252 g/mol. The lowest BCUT2D eigenvalue weighted by Crippen LogP contribution is -2.16. The number of benzene rings is 1. The largest absolute Gasteiger partial charge is 0.399 e. The minimum Gasteiger partial charge on any atom is -0.399 e. The van der Waals surface area contributed by atoms with E-state index in [1.807, 2.05) is 29.8 Å². The van der Waals surface area contributed by atoms with Crippen molar-refractivity contribution in [2.24, 2.45) is 0 Å². The molecule has 0 unspecified atom stereocenters. The number of nitrogen functional groups attached to an aromatic ring is 1. The van der Waals surface area contributed by atoms with E-state index in [1.54, 1.807) is 12.3 Å². The standard InChI is InChI=1S/C15H20N4O/c1-3-14-17-7-9-19(14)8-6-15(20)18-13-10-12(16)5-4-11(13)2/h4-5,7,9-10H,3,6,8,16H2,1-2H3,(H,18,20). The molecule has 106 valence electrons. The molecule has 0 aliphatic heterocycles. The van der Waals surface area contributed by atoms with Gasteiger partial charge in [0.1, 0.15) is 5.82 Å². The average molecular weight is 272 g/mol. The summed E-state index contributed by atoms with van der Waals surface area (Å²) in [6.45, 7) is 4.63. The van der Waals surface area contributed by atoms with Crippen molar-refractivity contribution in [1.29, 1.82) is 0 Å². The second kappa shape index (κ2) is 6.23. The van der Waals surface area contributed by atoms with Gasteiger partial charge >= 0.3 is 0 Å². The van der Waals surface area contributed by atoms with Crippen molar-refractivity contribution >= 4 is 17.3 Å². The first kappa shape index (κ1) is 14.1. The molecule has 1 aromatic carbocycles. The molecule has 0 saturated heterocycles. The van der Waals surface area contributed by atoms with Gasteiger partial charge in [-0.2, -0.15) is 0 Å². The molecule has 0 aliphatic rings. The van der Waals surface area contributed by atoms with Gasteiger partial charge in [0.25, 0.3) is 0 Å². The molecule has 3 N–H and O–H groups in total. The number of amides is 1. The van der Waals surface area contributed by atoms with Crippen LogP contribution in [0.15, 0.2) is 30.6 Å². The van der Waals surface area contributed by atoms with Crippen LogP contribution in [0.25, 0.3) is 0 Å². The summed E-state index contributed by atoms with van der Waals surface area (Å²) in [5, 5.41) is 2.90. The average Bonchev–Trinajstić information content (AvgIpc) is 2.88. The first-order chi connectivity index (χ1) is 9.60. The fourth-order valence-corrected chi connectivity index (χ4v) is 2.07. The van der Waals surface area contributed by atoms with E-state index in [2.05, 4.69) is 17.2 Å². The molecular formula is C15H20N4O. The molecule has 0 spiro atoms. The summed E-state index contributed by atoms with van der Waals surface area (Å²) >= 11 is 0. The molecule has 2 rings (SSSR count). The second-order valence-corrected chi connectivity index (χ2v) is 4.76. The molecule has 1 heterocycles. The van der Waals surface area contributed by atoms with E-state index in [0.29, 0.717) is 18.7 Å². The number of anilines is 2. The number of rotatable bonds is 5. The highest BCUT2D eigenvalue weighted by atomic mass is 16.1. The van der Waals surface area contributed by atoms with Crippen molar-refractivity contribution in [3.05, 3.63) is 42.0 Å². The van der Waals surface area contributed by atoms with E-state index in [4.69, 9.17) is 5.73 Å². The van der Waals surface area contributed by atoms with E-state index in [0.717, 1.165) is 23.5 Å². The van der Waals surface area contributed by atoms with Crippen molar-refractivity contribution in [3.8, 4) is 0 Å². The maximum atomic E-state index is 12.0. The zero-order chi connectivity index (χ0) is 14.5. The fourth-order valence-electron chi connectivity index (χ4n) is 2.07. The van der Waals surface area contributed by atoms with Crippen molar-refractivity contribution < 1.29 is 4.79 Å². The Hall–Kier alpha value is -2.30. The summed E-state index contributed by atoms with van der Waals surface area (Å²) in [5.74, 6) is 0.979. The van der Waals surface area contributed by atoms with Crippen LogP contribution in [0.1, 0.15) is 24.7 Å². The number of nitrogens with one attached hydrogen (secondary N) is 1. The number of nitrogens with two attached hydrogens (primary N) is 1. The molecule has 0 atom stereocenters. The highest BCUT2D eigenvalue weighted by Crippen LogP contribution is 2.18. The minimum atomic E-state index is -0.0190. The monoisotopic (exact) mass is 272 g/mol. The third-order valence-corrected chi connectivity index (χ3v) is 3.23. The van der Waals surface area contributed by atoms with Crippen LogP contribution >= 0.6 is 0 Å². The Bertz CT molecular complexity index is 604. The van der Waals surface area contributed by atoms with Crippen molar-refractivity contribution in [3.63, 3.8) is 0 Å². The quantitative estimate of drug-likeness (QED) is 0.821. The van der Waals surface area contributed by atoms with Crippen molar-refractivity contribution in [2.45, 2.75) is 33.2 Å². The smallest absolute Gasteiger partial charge is 0.226 e. The number of nitrogens with zero attached hydrogens (tertiary/aromatic N) is 2. The van der Waals surface area contributed by atoms with E-state index < -0.39 is 0 Å². The van der Waals surface area contributed by atoms with Crippen LogP contribution in [0.4, 0.5) is 11.4 Å². The third kappa shape index (κ3) is 3.38. The van der Waals surface area contributed by atoms with Gasteiger partial charge < -0.3 is 15.6 Å². The predicted octanol–water partition coefficient (Wildman–Crippen LogP) is 2.36. The topological polar surface area (TPSA) is 72.9 Å². The Kier molecular flexibility index (Phi) is 4.40. The highest BCUT2D eigenvalue weighted by Gasteiger charge is 2.07. The van der Waals surface area contributed by atoms with Gasteiger partial charge in [-0.3, -0.25) is 4.79 Å². The maximum Gasteiger partial charge on any atom is 0.226 e. The summed E-state index contributed by atoms with van der Waals surface area (Å²) in [4.78, 5) is 16.2. The number of carbonyl (C=O) groups is 1. The number of aromatic nitrogens is 2. The number of hydrogen-bond acceptors (Lipinski definition) is 3. The molecule has 20 heavy (non-hydrogen) atoms. The molecule has 5 heteroatoms. The molecule has 2 aromatic rings. The maximum absolute atomic E-state index is 12.0. The molecule has 0 bridgehead atoms. The Morgan fingerprint density at radius 2 is 2.25 bits per heavy atom. The molecule has 5 nitrogen and oxygen atoms in total. The van der Waals surface area contributed by atoms with Crippen LogP contribution in [0.5, 0.6) is 0 Å². The normalized spacial score (nSPS) is 10.5. The lowest BCUT2D eigenvalue weighted by atomic mass is 10.2. The molecule has 0 fully saturated rings. The summed E-state index contributed by atoms with van der Waals surface area (Å²) in [6.07, 6.45) is 4.94. The van der Waals surface area contributed by atoms with Crippen LogP contribution < -0.4 is 11.1 Å². The Balaban J connectivity index is 1.94. The van der Waals surface area contributed by atoms with E-state index in [-0.39, 0.29) is 5.91 Å². The van der Waals surface area contributed by atoms with Crippen molar-refractivity contribution in [2.75, 3.05) is 11.1 Å². The Morgan fingerprint density at radius 3 is 3.00 bits per heavy atom. The summed E-state index contributed by atoms with van der Waals surface area (Å²) < 4.78 is 2.01. The zero-order valence-electron chi connectivity index (χ0n) is 11.9. The van der Waals surface area contributed by atoms with Gasteiger partial charge in [-0.1, -0.05) is 13.0 Å². The van der Waals surface area contributed by atoms with Gasteiger partial charge in [-0.15, -0.1) is 0 Å². The zero-order valence-corrected chi connectivity index (χ0v) is 11.9. The van der Waals surface area contributed by atoms with Gasteiger partial charge in [0.05, 0.1) is 0 Å². The van der Waals surface area contributed by atoms with Crippen LogP contribution in [0.3, 0.4) is 0 Å². The molecule has 1 aromatic heterocycles. The number of imidazole rings is 1. The first-order valence-electron chi connectivity index (χ1n) is 6.76. The van der Waals surface area contributed by atoms with Crippen LogP contribution in [0, 0.1) is 6.92 Å². The number of aryl methyl sites for hydroxylation is 3. The predicted molar refractivity (Wildman–Crippen MR) is 80.4 cm³/mol. The molecule has 1 amide bonds. The number of hydrogen-bond donors (Lipinski definition) is 2. The molecule has 0 saturated carbocycles. The second-order valence-electron chi connectivity index (χ2n) is 4.76. The van der Waals surface area contributed by atoms with Gasteiger partial charge in [0.2, 0.25) is 5.91 Å². The van der Waals surface area contributed by atoms with Gasteiger partial charge in [0.15, 0.2) is 0 Å². The van der Waals surface area contributed by atoms with E-state index in [1.165, 1.54) is 0 Å². The SMILES string of the molecule is CCc1nccn1CCC(=O)Nc1cc(N)ccc1C. The minimum absolute atomic E-state index is 0.0190. The lowest BCUT2D eigenvalue weighted by molar-refractivity contribution is -0.116. The van der Waals surface area contributed by atoms with Gasteiger partial charge in [0, 0.05) is 43.2 Å². The van der Waals surface area contributed by atoms with Crippen LogP contribution in [-0.4, -0.2) is 15.5 Å². The summed E-state index contributed by atoms with van der Waals surface area (Å²) in [5.41, 5.74) is 8.15. The van der Waals surface area contributed by atoms with Crippen LogP contribution in [-0.2, 0) is 17.8 Å². The van der Waals surface area contributed by atoms with Crippen molar-refractivity contribution in [1.82, 2.24) is 9.55 Å². The lowest BCUT2D eigenvalue weighted by Gasteiger charge is -2.10. The molecule has 0 radical (unpaired) electrons. The van der Waals surface area contributed by atoms with E-state index in [9.17, 15) is 4.79 Å². The Morgan fingerprint density at radius 1 is 1.45 bits per heavy atom. The fraction of sp³-hybridized carbons (Fsp3) is 0.333. The number of carbonyl (C=O) groups excluding carboxylic acids is 1. The first-order valence-corrected chi connectivity index (χ1v) is 6.76. The van der Waals surface area contributed by atoms with Gasteiger partial charge in [-0.05, 0) is 24.6 Å². The van der Waals surface area contributed by atoms with Gasteiger partial charge in [-0.25, -0.2) is 4.98 Å². The summed E-state index contributed by atoms with van der Waals surface area (Å²) in [7, 11) is 0. The highest BCUT2D eigenvalue weighted by molar-refractivity contribution is 5.91. The molecule has 0 aliphatic carbocycles.